The van der Waals surface area contributed by atoms with Crippen LogP contribution < -0.4 is 0 Å². The molecule has 0 radical (unpaired) electrons. The molecule has 0 saturated carbocycles. The first-order chi connectivity index (χ1) is 11.2. The number of hydrogen-bond acceptors (Lipinski definition) is 4. The van der Waals surface area contributed by atoms with Crippen molar-refractivity contribution in [3.05, 3.63) is 48.0 Å². The smallest absolute Gasteiger partial charge is 0.432 e. The van der Waals surface area contributed by atoms with Crippen molar-refractivity contribution in [2.24, 2.45) is 5.92 Å². The van der Waals surface area contributed by atoms with Gasteiger partial charge in [0.1, 0.15) is 6.10 Å². The molecule has 0 amide bonds. The molecule has 1 aliphatic rings. The van der Waals surface area contributed by atoms with E-state index in [1.165, 1.54) is 30.4 Å². The van der Waals surface area contributed by atoms with Crippen molar-refractivity contribution >= 4 is 11.8 Å². The number of esters is 1. The molecule has 2 rings (SSSR count). The molecule has 0 aliphatic heterocycles. The van der Waals surface area contributed by atoms with Gasteiger partial charge in [0, 0.05) is 18.6 Å². The molecule has 0 N–H and O–H groups in total. The number of carbonyl (C=O) groups is 2. The third-order valence-electron chi connectivity index (χ3n) is 3.98. The molecule has 1 aromatic rings. The van der Waals surface area contributed by atoms with E-state index >= 15 is 0 Å². The van der Waals surface area contributed by atoms with Gasteiger partial charge in [0.2, 0.25) is 0 Å². The van der Waals surface area contributed by atoms with Crippen LogP contribution in [-0.4, -0.2) is 31.1 Å². The van der Waals surface area contributed by atoms with Gasteiger partial charge < -0.3 is 9.47 Å². The molecular weight excluding hydrogens is 325 g/mol. The van der Waals surface area contributed by atoms with Gasteiger partial charge >= 0.3 is 12.1 Å². The number of rotatable bonds is 4. The highest BCUT2D eigenvalue weighted by molar-refractivity contribution is 5.92. The van der Waals surface area contributed by atoms with Crippen LogP contribution in [0.25, 0.3) is 0 Å². The molecule has 1 aromatic carbocycles. The van der Waals surface area contributed by atoms with Crippen LogP contribution in [0, 0.1) is 5.92 Å². The first-order valence-electron chi connectivity index (χ1n) is 7.33. The minimum atomic E-state index is -5.01. The number of carbonyl (C=O) groups excluding carboxylic acids is 2. The number of allylic oxidation sites excluding steroid dienone is 1. The summed E-state index contributed by atoms with van der Waals surface area (Å²) < 4.78 is 50.8. The van der Waals surface area contributed by atoms with Gasteiger partial charge in [0.05, 0.1) is 0 Å². The molecule has 4 nitrogen and oxygen atoms in total. The minimum Gasteiger partial charge on any atom is -0.455 e. The van der Waals surface area contributed by atoms with E-state index < -0.39 is 29.8 Å². The van der Waals surface area contributed by atoms with Gasteiger partial charge in [-0.1, -0.05) is 37.3 Å². The molecule has 0 spiro atoms. The Morgan fingerprint density at radius 3 is 2.33 bits per heavy atom. The predicted molar refractivity (Wildman–Crippen MR) is 79.0 cm³/mol. The molecule has 130 valence electrons. The zero-order chi connectivity index (χ0) is 18.0. The zero-order valence-electron chi connectivity index (χ0n) is 13.2. The Labute approximate surface area is 137 Å². The lowest BCUT2D eigenvalue weighted by Crippen LogP contribution is -2.52. The van der Waals surface area contributed by atoms with Crippen LogP contribution in [0.2, 0.25) is 0 Å². The van der Waals surface area contributed by atoms with Gasteiger partial charge in [-0.3, -0.25) is 4.79 Å². The van der Waals surface area contributed by atoms with Crippen LogP contribution in [0.5, 0.6) is 0 Å². The van der Waals surface area contributed by atoms with E-state index in [-0.39, 0.29) is 17.8 Å². The van der Waals surface area contributed by atoms with Crippen molar-refractivity contribution in [3.63, 3.8) is 0 Å². The number of benzene rings is 1. The molecule has 0 aromatic heterocycles. The first kappa shape index (κ1) is 18.2. The van der Waals surface area contributed by atoms with Crippen LogP contribution >= 0.6 is 0 Å². The maximum absolute atomic E-state index is 13.7. The Hall–Kier alpha value is -2.15. The Kier molecular flexibility index (Phi) is 5.13. The summed E-state index contributed by atoms with van der Waals surface area (Å²) in [5.41, 5.74) is -3.58. The van der Waals surface area contributed by atoms with Crippen LogP contribution in [0.4, 0.5) is 13.2 Å². The zero-order valence-corrected chi connectivity index (χ0v) is 13.2. The topological polar surface area (TPSA) is 52.6 Å². The van der Waals surface area contributed by atoms with Gasteiger partial charge in [0.25, 0.3) is 5.60 Å². The van der Waals surface area contributed by atoms with Crippen molar-refractivity contribution in [3.8, 4) is 0 Å². The first-order valence-corrected chi connectivity index (χ1v) is 7.33. The summed E-state index contributed by atoms with van der Waals surface area (Å²) in [6.07, 6.45) is -3.28. The van der Waals surface area contributed by atoms with Gasteiger partial charge in [0.15, 0.2) is 5.78 Å². The summed E-state index contributed by atoms with van der Waals surface area (Å²) in [6.45, 7) is 1.62. The standard InChI is InChI=1S/C17H17F3O4/c1-11-10-13(8-9-14(11)21)24-15(22)16(23-2,17(18,19)20)12-6-4-3-5-7-12/h3-9,11,13H,10H2,1-2H3/t11-,13-,16-/m0/s1. The molecule has 7 heteroatoms. The van der Waals surface area contributed by atoms with Gasteiger partial charge in [-0.05, 0) is 18.6 Å². The molecular formula is C17H17F3O4. The van der Waals surface area contributed by atoms with Gasteiger partial charge in [-0.25, -0.2) is 4.79 Å². The highest BCUT2D eigenvalue weighted by Crippen LogP contribution is 2.43. The number of halogens is 3. The SMILES string of the molecule is CO[C@](C(=O)O[C@H]1C=CC(=O)[C@@H](C)C1)(c1ccccc1)C(F)(F)F. The summed E-state index contributed by atoms with van der Waals surface area (Å²) in [6, 6.07) is 6.60. The number of ketones is 1. The molecule has 24 heavy (non-hydrogen) atoms. The Bertz CT molecular complexity index is 639. The summed E-state index contributed by atoms with van der Waals surface area (Å²) in [4.78, 5) is 23.8. The quantitative estimate of drug-likeness (QED) is 0.789. The van der Waals surface area contributed by atoms with E-state index in [0.29, 0.717) is 0 Å². The molecule has 0 heterocycles. The molecule has 0 saturated heterocycles. The Morgan fingerprint density at radius 2 is 1.83 bits per heavy atom. The van der Waals surface area contributed by atoms with E-state index in [9.17, 15) is 22.8 Å². The summed E-state index contributed by atoms with van der Waals surface area (Å²) in [5.74, 6) is -2.13. The van der Waals surface area contributed by atoms with E-state index in [2.05, 4.69) is 4.74 Å². The minimum absolute atomic E-state index is 0.132. The second kappa shape index (κ2) is 6.76. The molecule has 0 unspecified atom stereocenters. The summed E-state index contributed by atoms with van der Waals surface area (Å²) in [5, 5.41) is 0. The maximum atomic E-state index is 13.7. The third kappa shape index (κ3) is 3.21. The predicted octanol–water partition coefficient (Wildman–Crippen LogP) is 3.17. The molecule has 0 bridgehead atoms. The number of methoxy groups -OCH3 is 1. The monoisotopic (exact) mass is 342 g/mol. The van der Waals surface area contributed by atoms with E-state index in [1.807, 2.05) is 0 Å². The van der Waals surface area contributed by atoms with Crippen LogP contribution in [0.3, 0.4) is 0 Å². The number of alkyl halides is 3. The average Bonchev–Trinajstić information content (AvgIpc) is 2.52. The molecule has 1 aliphatic carbocycles. The van der Waals surface area contributed by atoms with Crippen molar-refractivity contribution < 1.29 is 32.2 Å². The second-order valence-electron chi connectivity index (χ2n) is 5.59. The number of ether oxygens (including phenoxy) is 2. The fourth-order valence-electron chi connectivity index (χ4n) is 2.60. The Balaban J connectivity index is 2.36. The van der Waals surface area contributed by atoms with Crippen molar-refractivity contribution in [1.29, 1.82) is 0 Å². The number of hydrogen-bond donors (Lipinski definition) is 0. The highest BCUT2D eigenvalue weighted by Gasteiger charge is 2.64. The fraction of sp³-hybridized carbons (Fsp3) is 0.412. The third-order valence-corrected chi connectivity index (χ3v) is 3.98. The normalized spacial score (nSPS) is 23.6. The maximum Gasteiger partial charge on any atom is 0.432 e. The van der Waals surface area contributed by atoms with Gasteiger partial charge in [-0.2, -0.15) is 13.2 Å². The lowest BCUT2D eigenvalue weighted by atomic mass is 9.91. The second-order valence-corrected chi connectivity index (χ2v) is 5.59. The van der Waals surface area contributed by atoms with E-state index in [4.69, 9.17) is 4.74 Å². The Morgan fingerprint density at radius 1 is 1.21 bits per heavy atom. The van der Waals surface area contributed by atoms with Crippen molar-refractivity contribution in [1.82, 2.24) is 0 Å². The largest absolute Gasteiger partial charge is 0.455 e. The lowest BCUT2D eigenvalue weighted by Gasteiger charge is -2.34. The van der Waals surface area contributed by atoms with E-state index in [0.717, 1.165) is 19.2 Å². The average molecular weight is 342 g/mol. The van der Waals surface area contributed by atoms with Crippen LogP contribution in [0.1, 0.15) is 18.9 Å². The molecule has 3 atom stereocenters. The highest BCUT2D eigenvalue weighted by atomic mass is 19.4. The van der Waals surface area contributed by atoms with Crippen molar-refractivity contribution in [2.75, 3.05) is 7.11 Å². The lowest BCUT2D eigenvalue weighted by molar-refractivity contribution is -0.277. The summed E-state index contributed by atoms with van der Waals surface area (Å²) in [7, 11) is 0.810. The summed E-state index contributed by atoms with van der Waals surface area (Å²) >= 11 is 0. The van der Waals surface area contributed by atoms with Gasteiger partial charge in [-0.15, -0.1) is 0 Å². The molecule has 0 fully saturated rings. The van der Waals surface area contributed by atoms with E-state index in [1.54, 1.807) is 6.92 Å². The fourth-order valence-corrected chi connectivity index (χ4v) is 2.60. The van der Waals surface area contributed by atoms with Crippen molar-refractivity contribution in [2.45, 2.75) is 31.2 Å². The van der Waals surface area contributed by atoms with Crippen LogP contribution in [0.15, 0.2) is 42.5 Å². The van der Waals surface area contributed by atoms with Crippen LogP contribution in [-0.2, 0) is 24.7 Å².